The third-order valence-electron chi connectivity index (χ3n) is 3.18. The van der Waals surface area contributed by atoms with Crippen molar-refractivity contribution >= 4 is 27.7 Å². The second kappa shape index (κ2) is 6.46. The summed E-state index contributed by atoms with van der Waals surface area (Å²) in [4.78, 5) is 27.1. The Morgan fingerprint density at radius 2 is 2.24 bits per heavy atom. The van der Waals surface area contributed by atoms with Gasteiger partial charge in [0.25, 0.3) is 5.91 Å². The van der Waals surface area contributed by atoms with Crippen LogP contribution in [-0.4, -0.2) is 29.4 Å². The molecule has 1 aromatic heterocycles. The summed E-state index contributed by atoms with van der Waals surface area (Å²) in [5, 5.41) is 4.69. The number of rotatable bonds is 3. The van der Waals surface area contributed by atoms with Crippen LogP contribution in [0.15, 0.2) is 22.8 Å². The Balaban J connectivity index is 2.15. The predicted molar refractivity (Wildman–Crippen MR) is 74.6 cm³/mol. The molecule has 0 radical (unpaired) electrons. The number of nitrogens with one attached hydrogen (secondary N) is 2. The zero-order chi connectivity index (χ0) is 15.5. The monoisotopic (exact) mass is 361 g/mol. The Morgan fingerprint density at radius 1 is 1.48 bits per heavy atom. The summed E-state index contributed by atoms with van der Waals surface area (Å²) in [5.74, 6) is -5.77. The van der Waals surface area contributed by atoms with Gasteiger partial charge in [-0.1, -0.05) is 0 Å². The summed E-state index contributed by atoms with van der Waals surface area (Å²) >= 11 is 2.95. The highest BCUT2D eigenvalue weighted by Crippen LogP contribution is 2.32. The average Bonchev–Trinajstić information content (AvgIpc) is 2.64. The van der Waals surface area contributed by atoms with Crippen LogP contribution in [-0.2, 0) is 15.5 Å². The van der Waals surface area contributed by atoms with E-state index in [0.717, 1.165) is 6.42 Å². The molecule has 8 heteroatoms. The lowest BCUT2D eigenvalue weighted by atomic mass is 10.1. The molecule has 2 N–H and O–H groups in total. The van der Waals surface area contributed by atoms with Crippen molar-refractivity contribution in [2.24, 2.45) is 0 Å². The van der Waals surface area contributed by atoms with Crippen molar-refractivity contribution in [3.63, 3.8) is 0 Å². The fourth-order valence-electron chi connectivity index (χ4n) is 2.05. The lowest BCUT2D eigenvalue weighted by Gasteiger charge is -2.20. The predicted octanol–water partition coefficient (Wildman–Crippen LogP) is 1.72. The molecule has 1 unspecified atom stereocenters. The van der Waals surface area contributed by atoms with E-state index in [9.17, 15) is 18.4 Å². The molecule has 2 heterocycles. The zero-order valence-corrected chi connectivity index (χ0v) is 12.6. The Kier molecular flexibility index (Phi) is 4.87. The van der Waals surface area contributed by atoms with Gasteiger partial charge in [0.05, 0.1) is 0 Å². The molecule has 1 aliphatic rings. The van der Waals surface area contributed by atoms with E-state index in [4.69, 9.17) is 0 Å². The summed E-state index contributed by atoms with van der Waals surface area (Å²) in [6.07, 6.45) is 2.97. The van der Waals surface area contributed by atoms with Crippen molar-refractivity contribution in [3.8, 4) is 0 Å². The lowest BCUT2D eigenvalue weighted by Crippen LogP contribution is -2.50. The molecule has 0 bridgehead atoms. The van der Waals surface area contributed by atoms with E-state index < -0.39 is 29.5 Å². The molecular weight excluding hydrogens is 348 g/mol. The summed E-state index contributed by atoms with van der Waals surface area (Å²) in [5.41, 5.74) is -0.670. The van der Waals surface area contributed by atoms with Crippen molar-refractivity contribution < 1.29 is 18.4 Å². The van der Waals surface area contributed by atoms with Gasteiger partial charge in [-0.2, -0.15) is 8.78 Å². The van der Waals surface area contributed by atoms with Crippen molar-refractivity contribution in [1.29, 1.82) is 0 Å². The van der Waals surface area contributed by atoms with Gasteiger partial charge in [-0.25, -0.2) is 0 Å². The topological polar surface area (TPSA) is 71.1 Å². The maximum Gasteiger partial charge on any atom is 0.367 e. The van der Waals surface area contributed by atoms with E-state index in [-0.39, 0.29) is 4.47 Å². The number of aromatic nitrogens is 1. The fraction of sp³-hybridized carbons (Fsp3) is 0.462. The van der Waals surface area contributed by atoms with Crippen LogP contribution in [0.3, 0.4) is 0 Å². The lowest BCUT2D eigenvalue weighted by molar-refractivity contribution is -0.149. The molecule has 2 rings (SSSR count). The van der Waals surface area contributed by atoms with Crippen molar-refractivity contribution in [2.75, 3.05) is 6.54 Å². The van der Waals surface area contributed by atoms with Crippen LogP contribution in [0.5, 0.6) is 0 Å². The van der Waals surface area contributed by atoms with Crippen LogP contribution in [0.2, 0.25) is 0 Å². The van der Waals surface area contributed by atoms with Gasteiger partial charge in [0, 0.05) is 17.2 Å². The number of hydrogen-bond donors (Lipinski definition) is 2. The summed E-state index contributed by atoms with van der Waals surface area (Å²) < 4.78 is 28.4. The second-order valence-electron chi connectivity index (χ2n) is 4.72. The maximum absolute atomic E-state index is 14.2. The van der Waals surface area contributed by atoms with Gasteiger partial charge in [-0.05, 0) is 47.3 Å². The fourth-order valence-corrected chi connectivity index (χ4v) is 2.55. The highest BCUT2D eigenvalue weighted by atomic mass is 79.9. The van der Waals surface area contributed by atoms with Gasteiger partial charge in [0.2, 0.25) is 5.91 Å². The number of halogens is 3. The molecule has 0 aliphatic carbocycles. The molecule has 1 aliphatic heterocycles. The summed E-state index contributed by atoms with van der Waals surface area (Å²) in [6.45, 7) is 0.493. The smallest absolute Gasteiger partial charge is 0.354 e. The van der Waals surface area contributed by atoms with Gasteiger partial charge < -0.3 is 10.6 Å². The van der Waals surface area contributed by atoms with Crippen LogP contribution in [0.4, 0.5) is 8.78 Å². The van der Waals surface area contributed by atoms with Crippen molar-refractivity contribution in [3.05, 3.63) is 28.5 Å². The van der Waals surface area contributed by atoms with E-state index in [1.54, 1.807) is 0 Å². The molecule has 21 heavy (non-hydrogen) atoms. The Bertz CT molecular complexity index is 554. The molecule has 1 aromatic rings. The van der Waals surface area contributed by atoms with E-state index in [0.29, 0.717) is 19.4 Å². The molecule has 0 saturated carbocycles. The van der Waals surface area contributed by atoms with Crippen LogP contribution in [0, 0.1) is 0 Å². The molecule has 114 valence electrons. The quantitative estimate of drug-likeness (QED) is 0.860. The first-order valence-corrected chi connectivity index (χ1v) is 7.29. The van der Waals surface area contributed by atoms with E-state index in [1.165, 1.54) is 18.3 Å². The standard InChI is InChI=1S/C13H14BrF2N3O2/c14-8-4-3-7-17-10(8)13(15,16)12(21)19-9-5-1-2-6-18-11(9)20/h3-4,7,9H,1-2,5-6H2,(H,18,20)(H,19,21). The van der Waals surface area contributed by atoms with Gasteiger partial charge in [-0.3, -0.25) is 14.6 Å². The third-order valence-corrected chi connectivity index (χ3v) is 3.82. The largest absolute Gasteiger partial charge is 0.367 e. The summed E-state index contributed by atoms with van der Waals surface area (Å²) in [7, 11) is 0. The number of carbonyl (C=O) groups is 2. The third kappa shape index (κ3) is 3.55. The minimum absolute atomic E-state index is 0.0375. The molecule has 2 amide bonds. The first-order chi connectivity index (χ1) is 9.93. The molecule has 0 spiro atoms. The SMILES string of the molecule is O=C1NCCCCC1NC(=O)C(F)(F)c1ncccc1Br. The number of carbonyl (C=O) groups excluding carboxylic acids is 2. The molecule has 1 atom stereocenters. The van der Waals surface area contributed by atoms with Crippen LogP contribution in [0.25, 0.3) is 0 Å². The summed E-state index contributed by atoms with van der Waals surface area (Å²) in [6, 6.07) is 1.91. The van der Waals surface area contributed by atoms with E-state index in [2.05, 4.69) is 31.5 Å². The second-order valence-corrected chi connectivity index (χ2v) is 5.58. The van der Waals surface area contributed by atoms with Gasteiger partial charge in [-0.15, -0.1) is 0 Å². The maximum atomic E-state index is 14.2. The molecule has 1 saturated heterocycles. The number of nitrogens with zero attached hydrogens (tertiary/aromatic N) is 1. The number of alkyl halides is 2. The van der Waals surface area contributed by atoms with Gasteiger partial charge in [0.15, 0.2) is 0 Å². The average molecular weight is 362 g/mol. The van der Waals surface area contributed by atoms with E-state index in [1.807, 2.05) is 0 Å². The zero-order valence-electron chi connectivity index (χ0n) is 11.0. The van der Waals surface area contributed by atoms with Crippen LogP contribution >= 0.6 is 15.9 Å². The number of amides is 2. The van der Waals surface area contributed by atoms with Crippen molar-refractivity contribution in [2.45, 2.75) is 31.2 Å². The normalized spacial score (nSPS) is 19.6. The minimum Gasteiger partial charge on any atom is -0.354 e. The Morgan fingerprint density at radius 3 is 2.95 bits per heavy atom. The highest BCUT2D eigenvalue weighted by molar-refractivity contribution is 9.10. The number of hydrogen-bond acceptors (Lipinski definition) is 3. The van der Waals surface area contributed by atoms with Crippen molar-refractivity contribution in [1.82, 2.24) is 15.6 Å². The van der Waals surface area contributed by atoms with Crippen LogP contribution < -0.4 is 10.6 Å². The molecule has 5 nitrogen and oxygen atoms in total. The Labute approximate surface area is 128 Å². The Hall–Kier alpha value is -1.57. The number of pyridine rings is 1. The van der Waals surface area contributed by atoms with Gasteiger partial charge >= 0.3 is 5.92 Å². The van der Waals surface area contributed by atoms with Crippen LogP contribution in [0.1, 0.15) is 25.0 Å². The van der Waals surface area contributed by atoms with E-state index >= 15 is 0 Å². The highest BCUT2D eigenvalue weighted by Gasteiger charge is 2.45. The first-order valence-electron chi connectivity index (χ1n) is 6.50. The minimum atomic E-state index is -3.81. The molecule has 0 aromatic carbocycles. The van der Waals surface area contributed by atoms with Gasteiger partial charge in [0.1, 0.15) is 11.7 Å². The molecular formula is C13H14BrF2N3O2. The molecule has 1 fully saturated rings. The first kappa shape index (κ1) is 15.8.